The highest BCUT2D eigenvalue weighted by Crippen LogP contribution is 2.48. The Hall–Kier alpha value is -1.16. The highest BCUT2D eigenvalue weighted by atomic mass is 32.2. The van der Waals surface area contributed by atoms with E-state index in [0.29, 0.717) is 11.9 Å². The van der Waals surface area contributed by atoms with Crippen LogP contribution in [0.4, 0.5) is 5.69 Å². The standard InChI is InChI=1S/C17H24N2OS/c1-13-4-3-5-15(12-13)18-14-6-10-19(11-7-14)16(20)17(21-2)8-9-17/h3-5,12,14,18H,6-11H2,1-2H3. The molecule has 4 heteroatoms. The summed E-state index contributed by atoms with van der Waals surface area (Å²) in [4.78, 5) is 14.6. The van der Waals surface area contributed by atoms with Crippen molar-refractivity contribution in [1.82, 2.24) is 4.90 Å². The van der Waals surface area contributed by atoms with Gasteiger partial charge < -0.3 is 10.2 Å². The summed E-state index contributed by atoms with van der Waals surface area (Å²) in [6.45, 7) is 3.90. The Morgan fingerprint density at radius 2 is 2.05 bits per heavy atom. The Bertz CT molecular complexity index is 519. The van der Waals surface area contributed by atoms with E-state index in [-0.39, 0.29) is 4.75 Å². The zero-order valence-corrected chi connectivity index (χ0v) is 13.7. The van der Waals surface area contributed by atoms with Gasteiger partial charge in [0, 0.05) is 24.8 Å². The average molecular weight is 304 g/mol. The summed E-state index contributed by atoms with van der Waals surface area (Å²) in [6.07, 6.45) is 6.29. The third kappa shape index (κ3) is 3.20. The predicted molar refractivity (Wildman–Crippen MR) is 89.9 cm³/mol. The quantitative estimate of drug-likeness (QED) is 0.926. The fraction of sp³-hybridized carbons (Fsp3) is 0.588. The van der Waals surface area contributed by atoms with Gasteiger partial charge in [-0.2, -0.15) is 0 Å². The van der Waals surface area contributed by atoms with Gasteiger partial charge in [0.15, 0.2) is 0 Å². The van der Waals surface area contributed by atoms with E-state index < -0.39 is 0 Å². The lowest BCUT2D eigenvalue weighted by Crippen LogP contribution is -2.46. The largest absolute Gasteiger partial charge is 0.382 e. The van der Waals surface area contributed by atoms with Crippen LogP contribution in [0.3, 0.4) is 0 Å². The summed E-state index contributed by atoms with van der Waals surface area (Å²) in [5.41, 5.74) is 2.48. The third-order valence-electron chi connectivity index (χ3n) is 4.66. The molecule has 1 aromatic rings. The second-order valence-electron chi connectivity index (χ2n) is 6.28. The van der Waals surface area contributed by atoms with Gasteiger partial charge in [-0.25, -0.2) is 0 Å². The molecule has 0 radical (unpaired) electrons. The first-order valence-electron chi connectivity index (χ1n) is 7.81. The Balaban J connectivity index is 1.52. The molecule has 0 atom stereocenters. The zero-order chi connectivity index (χ0) is 14.9. The number of likely N-dealkylation sites (tertiary alicyclic amines) is 1. The molecule has 21 heavy (non-hydrogen) atoms. The molecule has 1 amide bonds. The van der Waals surface area contributed by atoms with E-state index in [4.69, 9.17) is 0 Å². The van der Waals surface area contributed by atoms with Crippen LogP contribution < -0.4 is 5.32 Å². The topological polar surface area (TPSA) is 32.3 Å². The normalized spacial score (nSPS) is 21.1. The van der Waals surface area contributed by atoms with Crippen LogP contribution in [0.1, 0.15) is 31.2 Å². The van der Waals surface area contributed by atoms with E-state index in [0.717, 1.165) is 38.8 Å². The highest BCUT2D eigenvalue weighted by molar-refractivity contribution is 8.01. The number of nitrogens with zero attached hydrogens (tertiary/aromatic N) is 1. The lowest BCUT2D eigenvalue weighted by atomic mass is 10.0. The number of aryl methyl sites for hydroxylation is 1. The number of nitrogens with one attached hydrogen (secondary N) is 1. The molecule has 0 spiro atoms. The van der Waals surface area contributed by atoms with E-state index in [1.165, 1.54) is 11.3 Å². The van der Waals surface area contributed by atoms with E-state index in [9.17, 15) is 4.79 Å². The van der Waals surface area contributed by atoms with Gasteiger partial charge in [-0.1, -0.05) is 12.1 Å². The number of carbonyl (C=O) groups is 1. The summed E-state index contributed by atoms with van der Waals surface area (Å²) in [7, 11) is 0. The first kappa shape index (κ1) is 14.8. The van der Waals surface area contributed by atoms with Gasteiger partial charge in [0.05, 0.1) is 4.75 Å². The Labute approximate surface area is 131 Å². The first-order valence-corrected chi connectivity index (χ1v) is 9.03. The van der Waals surface area contributed by atoms with Crippen LogP contribution in [0.15, 0.2) is 24.3 Å². The van der Waals surface area contributed by atoms with Crippen molar-refractivity contribution in [2.75, 3.05) is 24.7 Å². The molecular formula is C17H24N2OS. The number of rotatable bonds is 4. The molecule has 1 saturated heterocycles. The maximum atomic E-state index is 12.5. The van der Waals surface area contributed by atoms with Crippen LogP contribution in [0.25, 0.3) is 0 Å². The number of amides is 1. The minimum Gasteiger partial charge on any atom is -0.382 e. The van der Waals surface area contributed by atoms with Crippen molar-refractivity contribution in [3.8, 4) is 0 Å². The van der Waals surface area contributed by atoms with Gasteiger partial charge in [-0.3, -0.25) is 4.79 Å². The van der Waals surface area contributed by atoms with Crippen LogP contribution in [0, 0.1) is 6.92 Å². The number of anilines is 1. The maximum Gasteiger partial charge on any atom is 0.238 e. The molecule has 2 aliphatic rings. The van der Waals surface area contributed by atoms with Crippen LogP contribution in [0.2, 0.25) is 0 Å². The lowest BCUT2D eigenvalue weighted by Gasteiger charge is -2.34. The van der Waals surface area contributed by atoms with Crippen molar-refractivity contribution in [3.63, 3.8) is 0 Å². The number of hydrogen-bond acceptors (Lipinski definition) is 3. The van der Waals surface area contributed by atoms with Crippen molar-refractivity contribution >= 4 is 23.4 Å². The maximum absolute atomic E-state index is 12.5. The molecular weight excluding hydrogens is 280 g/mol. The van der Waals surface area contributed by atoms with Crippen molar-refractivity contribution in [3.05, 3.63) is 29.8 Å². The lowest BCUT2D eigenvalue weighted by molar-refractivity contribution is -0.132. The first-order chi connectivity index (χ1) is 10.1. The molecule has 0 aromatic heterocycles. The third-order valence-corrected chi connectivity index (χ3v) is 6.02. The monoisotopic (exact) mass is 304 g/mol. The van der Waals surface area contributed by atoms with Crippen molar-refractivity contribution < 1.29 is 4.79 Å². The summed E-state index contributed by atoms with van der Waals surface area (Å²) in [5.74, 6) is 0.379. The second-order valence-corrected chi connectivity index (χ2v) is 7.47. The van der Waals surface area contributed by atoms with Crippen LogP contribution in [-0.4, -0.2) is 40.9 Å². The van der Waals surface area contributed by atoms with Gasteiger partial charge in [-0.15, -0.1) is 11.8 Å². The zero-order valence-electron chi connectivity index (χ0n) is 12.9. The van der Waals surface area contributed by atoms with E-state index in [1.54, 1.807) is 11.8 Å². The van der Waals surface area contributed by atoms with E-state index >= 15 is 0 Å². The predicted octanol–water partition coefficient (Wildman–Crippen LogP) is 3.29. The Kier molecular flexibility index (Phi) is 4.16. The molecule has 3 rings (SSSR count). The van der Waals surface area contributed by atoms with Crippen molar-refractivity contribution in [2.45, 2.75) is 43.4 Å². The molecule has 1 aliphatic carbocycles. The number of benzene rings is 1. The van der Waals surface area contributed by atoms with Crippen molar-refractivity contribution in [1.29, 1.82) is 0 Å². The molecule has 1 aromatic carbocycles. The van der Waals surface area contributed by atoms with Gasteiger partial charge in [-0.05, 0) is 56.6 Å². The summed E-state index contributed by atoms with van der Waals surface area (Å²) >= 11 is 1.74. The highest BCUT2D eigenvalue weighted by Gasteiger charge is 2.51. The van der Waals surface area contributed by atoms with E-state index in [2.05, 4.69) is 47.7 Å². The van der Waals surface area contributed by atoms with Gasteiger partial charge in [0.2, 0.25) is 5.91 Å². The van der Waals surface area contributed by atoms with Crippen LogP contribution in [0.5, 0.6) is 0 Å². The summed E-state index contributed by atoms with van der Waals surface area (Å²) < 4.78 is -0.0587. The second kappa shape index (κ2) is 5.91. The molecule has 0 bridgehead atoms. The SMILES string of the molecule is CSC1(C(=O)N2CCC(Nc3cccc(C)c3)CC2)CC1. The molecule has 1 aliphatic heterocycles. The smallest absolute Gasteiger partial charge is 0.238 e. The van der Waals surface area contributed by atoms with Gasteiger partial charge >= 0.3 is 0 Å². The fourth-order valence-electron chi connectivity index (χ4n) is 3.10. The van der Waals surface area contributed by atoms with Crippen molar-refractivity contribution in [2.24, 2.45) is 0 Å². The van der Waals surface area contributed by atoms with Crippen LogP contribution >= 0.6 is 11.8 Å². The number of hydrogen-bond donors (Lipinski definition) is 1. The Morgan fingerprint density at radius 3 is 2.62 bits per heavy atom. The minimum absolute atomic E-state index is 0.0587. The molecule has 1 heterocycles. The molecule has 114 valence electrons. The minimum atomic E-state index is -0.0587. The number of thioether (sulfide) groups is 1. The number of carbonyl (C=O) groups excluding carboxylic acids is 1. The molecule has 0 unspecified atom stereocenters. The molecule has 2 fully saturated rings. The summed E-state index contributed by atoms with van der Waals surface area (Å²) in [5, 5.41) is 3.61. The average Bonchev–Trinajstić information content (AvgIpc) is 3.28. The molecule has 1 saturated carbocycles. The Morgan fingerprint density at radius 1 is 1.33 bits per heavy atom. The van der Waals surface area contributed by atoms with Crippen LogP contribution in [-0.2, 0) is 4.79 Å². The number of piperidine rings is 1. The molecule has 1 N–H and O–H groups in total. The molecule has 3 nitrogen and oxygen atoms in total. The summed E-state index contributed by atoms with van der Waals surface area (Å²) in [6, 6.07) is 9.00. The fourth-order valence-corrected chi connectivity index (χ4v) is 3.92. The van der Waals surface area contributed by atoms with E-state index in [1.807, 2.05) is 0 Å². The van der Waals surface area contributed by atoms with Gasteiger partial charge in [0.25, 0.3) is 0 Å². The van der Waals surface area contributed by atoms with Gasteiger partial charge in [0.1, 0.15) is 0 Å².